The molecule has 0 bridgehead atoms. The molecule has 0 radical (unpaired) electrons. The SMILES string of the molecule is NO.O=[N+]([O-])c1cnon1. The van der Waals surface area contributed by atoms with Crippen molar-refractivity contribution >= 4 is 5.82 Å². The van der Waals surface area contributed by atoms with Gasteiger partial charge in [0, 0.05) is 0 Å². The molecule has 0 fully saturated rings. The van der Waals surface area contributed by atoms with Gasteiger partial charge in [0.1, 0.15) is 0 Å². The summed E-state index contributed by atoms with van der Waals surface area (Å²) in [7, 11) is 0. The molecule has 1 rings (SSSR count). The fourth-order valence-electron chi connectivity index (χ4n) is 0.240. The van der Waals surface area contributed by atoms with Gasteiger partial charge in [-0.2, -0.15) is 0 Å². The third kappa shape index (κ3) is 2.15. The highest BCUT2D eigenvalue weighted by atomic mass is 16.6. The molecule has 1 heterocycles. The Morgan fingerprint density at radius 3 is 2.60 bits per heavy atom. The maximum absolute atomic E-state index is 9.71. The molecule has 10 heavy (non-hydrogen) atoms. The van der Waals surface area contributed by atoms with E-state index >= 15 is 0 Å². The van der Waals surface area contributed by atoms with E-state index in [9.17, 15) is 10.1 Å². The van der Waals surface area contributed by atoms with E-state index in [0.717, 1.165) is 6.20 Å². The summed E-state index contributed by atoms with van der Waals surface area (Å²) < 4.78 is 3.93. The van der Waals surface area contributed by atoms with E-state index in [1.54, 1.807) is 0 Å². The molecule has 8 heteroatoms. The van der Waals surface area contributed by atoms with Gasteiger partial charge in [-0.05, 0) is 10.1 Å². The molecule has 1 aromatic heterocycles. The lowest BCUT2D eigenvalue weighted by molar-refractivity contribution is -0.390. The second-order valence-electron chi connectivity index (χ2n) is 1.02. The van der Waals surface area contributed by atoms with Crippen LogP contribution in [0, 0.1) is 10.1 Å². The zero-order valence-electron chi connectivity index (χ0n) is 4.67. The molecule has 0 aliphatic rings. The second kappa shape index (κ2) is 4.35. The van der Waals surface area contributed by atoms with Gasteiger partial charge in [0.25, 0.3) is 0 Å². The molecule has 0 saturated carbocycles. The molecule has 0 unspecified atom stereocenters. The Balaban J connectivity index is 0.000000371. The number of hydrogen-bond acceptors (Lipinski definition) is 7. The molecule has 0 saturated heterocycles. The number of nitrogens with zero attached hydrogens (tertiary/aromatic N) is 3. The summed E-state index contributed by atoms with van der Waals surface area (Å²) in [6.45, 7) is 0. The van der Waals surface area contributed by atoms with Gasteiger partial charge >= 0.3 is 5.82 Å². The number of nitro groups is 1. The van der Waals surface area contributed by atoms with Crippen molar-refractivity contribution in [3.05, 3.63) is 16.3 Å². The van der Waals surface area contributed by atoms with Gasteiger partial charge in [-0.25, -0.2) is 5.90 Å². The Kier molecular flexibility index (Phi) is 3.68. The van der Waals surface area contributed by atoms with E-state index in [2.05, 4.69) is 20.8 Å². The molecule has 0 atom stereocenters. The van der Waals surface area contributed by atoms with Crippen molar-refractivity contribution in [2.75, 3.05) is 0 Å². The van der Waals surface area contributed by atoms with Crippen LogP contribution in [0.1, 0.15) is 0 Å². The van der Waals surface area contributed by atoms with Crippen LogP contribution in [0.5, 0.6) is 0 Å². The Hall–Kier alpha value is -1.54. The Labute approximate surface area is 54.3 Å². The first-order valence-corrected chi connectivity index (χ1v) is 1.98. The summed E-state index contributed by atoms with van der Waals surface area (Å²) >= 11 is 0. The van der Waals surface area contributed by atoms with Crippen LogP contribution in [0.4, 0.5) is 5.82 Å². The number of hydrogen-bond donors (Lipinski definition) is 2. The van der Waals surface area contributed by atoms with Gasteiger partial charge in [-0.3, -0.25) is 0 Å². The minimum absolute atomic E-state index is 0.370. The summed E-state index contributed by atoms with van der Waals surface area (Å²) in [5, 5.41) is 22.2. The molecule has 0 amide bonds. The zero-order valence-corrected chi connectivity index (χ0v) is 4.67. The Bertz CT molecular complexity index is 183. The van der Waals surface area contributed by atoms with Gasteiger partial charge in [0.15, 0.2) is 11.4 Å². The highest BCUT2D eigenvalue weighted by Crippen LogP contribution is 1.99. The molecule has 56 valence electrons. The van der Waals surface area contributed by atoms with E-state index in [0.29, 0.717) is 0 Å². The predicted octanol–water partition coefficient (Wildman–Crippen LogP) is -0.688. The third-order valence-corrected chi connectivity index (χ3v) is 0.537. The van der Waals surface area contributed by atoms with Crippen molar-refractivity contribution in [1.82, 2.24) is 10.3 Å². The molecular weight excluding hydrogens is 144 g/mol. The standard InChI is InChI=1S/C2HN3O3.H3NO/c6-5(7)2-1-3-8-4-2;1-2/h1H;2H,1H2. The van der Waals surface area contributed by atoms with E-state index in [4.69, 9.17) is 5.21 Å². The minimum Gasteiger partial charge on any atom is -0.358 e. The van der Waals surface area contributed by atoms with Crippen molar-refractivity contribution in [1.29, 1.82) is 0 Å². The Morgan fingerprint density at radius 2 is 2.40 bits per heavy atom. The highest BCUT2D eigenvalue weighted by Gasteiger charge is 2.08. The molecular formula is C2H4N4O4. The van der Waals surface area contributed by atoms with Crippen LogP contribution in [0.15, 0.2) is 10.8 Å². The predicted molar refractivity (Wildman–Crippen MR) is 26.9 cm³/mol. The molecule has 3 N–H and O–H groups in total. The van der Waals surface area contributed by atoms with E-state index in [1.807, 2.05) is 0 Å². The smallest absolute Gasteiger partial charge is 0.358 e. The van der Waals surface area contributed by atoms with Crippen LogP contribution in [-0.4, -0.2) is 20.4 Å². The molecule has 0 aromatic carbocycles. The summed E-state index contributed by atoms with van der Waals surface area (Å²) in [5.41, 5.74) is 0. The molecule has 0 aliphatic carbocycles. The fraction of sp³-hybridized carbons (Fsp3) is 0. The van der Waals surface area contributed by atoms with Crippen molar-refractivity contribution < 1.29 is 14.8 Å². The zero-order chi connectivity index (χ0) is 7.98. The first kappa shape index (κ1) is 8.46. The van der Waals surface area contributed by atoms with E-state index in [1.165, 1.54) is 0 Å². The molecule has 8 nitrogen and oxygen atoms in total. The maximum atomic E-state index is 9.71. The first-order valence-electron chi connectivity index (χ1n) is 1.98. The average Bonchev–Trinajstić information content (AvgIpc) is 2.42. The lowest BCUT2D eigenvalue weighted by atomic mass is 10.8. The van der Waals surface area contributed by atoms with Crippen LogP contribution < -0.4 is 5.90 Å². The van der Waals surface area contributed by atoms with Crippen LogP contribution in [-0.2, 0) is 0 Å². The highest BCUT2D eigenvalue weighted by molar-refractivity contribution is 5.05. The molecule has 1 aromatic rings. The van der Waals surface area contributed by atoms with Gasteiger partial charge in [0.2, 0.25) is 0 Å². The second-order valence-corrected chi connectivity index (χ2v) is 1.02. The van der Waals surface area contributed by atoms with Crippen molar-refractivity contribution in [2.45, 2.75) is 0 Å². The van der Waals surface area contributed by atoms with Crippen LogP contribution >= 0.6 is 0 Å². The van der Waals surface area contributed by atoms with Gasteiger partial charge in [0.05, 0.1) is 0 Å². The van der Waals surface area contributed by atoms with E-state index < -0.39 is 4.92 Å². The number of rotatable bonds is 1. The van der Waals surface area contributed by atoms with Gasteiger partial charge in [-0.15, -0.1) is 4.63 Å². The van der Waals surface area contributed by atoms with Crippen molar-refractivity contribution in [3.63, 3.8) is 0 Å². The largest absolute Gasteiger partial charge is 0.434 e. The summed E-state index contributed by atoms with van der Waals surface area (Å²) in [5.74, 6) is 3.13. The monoisotopic (exact) mass is 148 g/mol. The quantitative estimate of drug-likeness (QED) is 0.398. The lowest BCUT2D eigenvalue weighted by Gasteiger charge is -1.78. The van der Waals surface area contributed by atoms with Crippen LogP contribution in [0.2, 0.25) is 0 Å². The van der Waals surface area contributed by atoms with Crippen LogP contribution in [0.25, 0.3) is 0 Å². The summed E-state index contributed by atoms with van der Waals surface area (Å²) in [6, 6.07) is 0. The topological polar surface area (TPSA) is 128 Å². The Morgan fingerprint density at radius 1 is 1.80 bits per heavy atom. The van der Waals surface area contributed by atoms with Crippen LogP contribution in [0.3, 0.4) is 0 Å². The molecule has 0 aliphatic heterocycles. The summed E-state index contributed by atoms with van der Waals surface area (Å²) in [6.07, 6.45) is 0.931. The maximum Gasteiger partial charge on any atom is 0.434 e. The fourth-order valence-corrected chi connectivity index (χ4v) is 0.240. The van der Waals surface area contributed by atoms with E-state index in [-0.39, 0.29) is 5.82 Å². The number of aromatic nitrogens is 2. The molecule has 0 spiro atoms. The number of nitrogens with two attached hydrogens (primary N) is 1. The summed E-state index contributed by atoms with van der Waals surface area (Å²) in [4.78, 5) is 9.02. The average molecular weight is 148 g/mol. The van der Waals surface area contributed by atoms with Crippen molar-refractivity contribution in [3.8, 4) is 0 Å². The van der Waals surface area contributed by atoms with Crippen molar-refractivity contribution in [2.24, 2.45) is 5.90 Å². The minimum atomic E-state index is -0.684. The van der Waals surface area contributed by atoms with Gasteiger partial charge in [-0.1, -0.05) is 0 Å². The normalized spacial score (nSPS) is 7.80. The first-order chi connectivity index (χ1) is 4.80. The third-order valence-electron chi connectivity index (χ3n) is 0.537. The lowest BCUT2D eigenvalue weighted by Crippen LogP contribution is -1.85. The van der Waals surface area contributed by atoms with Gasteiger partial charge < -0.3 is 15.3 Å².